The van der Waals surface area contributed by atoms with E-state index >= 15 is 0 Å². The van der Waals surface area contributed by atoms with Crippen LogP contribution in [0.15, 0.2) is 0 Å². The molecule has 70 valence electrons. The normalized spacial score (nSPS) is 45.0. The SMILES string of the molecule is CCN(CC)[C@@H]1C[C@@H]2O[C@@H]2[C@H]1O. The average molecular weight is 171 g/mol. The minimum atomic E-state index is -0.241. The molecular weight excluding hydrogens is 154 g/mol. The molecule has 0 aromatic carbocycles. The van der Waals surface area contributed by atoms with Gasteiger partial charge in [0.15, 0.2) is 0 Å². The summed E-state index contributed by atoms with van der Waals surface area (Å²) in [5.41, 5.74) is 0. The summed E-state index contributed by atoms with van der Waals surface area (Å²) >= 11 is 0. The fraction of sp³-hybridized carbons (Fsp3) is 1.00. The van der Waals surface area contributed by atoms with Gasteiger partial charge in [0.1, 0.15) is 6.10 Å². The van der Waals surface area contributed by atoms with E-state index in [2.05, 4.69) is 18.7 Å². The number of aliphatic hydroxyl groups is 1. The molecule has 0 amide bonds. The van der Waals surface area contributed by atoms with Crippen molar-refractivity contribution in [2.75, 3.05) is 13.1 Å². The lowest BCUT2D eigenvalue weighted by Crippen LogP contribution is -2.42. The summed E-state index contributed by atoms with van der Waals surface area (Å²) in [6.07, 6.45) is 1.31. The van der Waals surface area contributed by atoms with Crippen LogP contribution in [0.1, 0.15) is 20.3 Å². The summed E-state index contributed by atoms with van der Waals surface area (Å²) in [7, 11) is 0. The second-order valence-corrected chi connectivity index (χ2v) is 3.65. The smallest absolute Gasteiger partial charge is 0.112 e. The van der Waals surface area contributed by atoms with Crippen LogP contribution < -0.4 is 0 Å². The molecule has 3 heteroatoms. The molecule has 0 bridgehead atoms. The van der Waals surface area contributed by atoms with E-state index in [-0.39, 0.29) is 12.2 Å². The van der Waals surface area contributed by atoms with Crippen molar-refractivity contribution in [3.05, 3.63) is 0 Å². The zero-order valence-corrected chi connectivity index (χ0v) is 7.73. The quantitative estimate of drug-likeness (QED) is 0.617. The fourth-order valence-corrected chi connectivity index (χ4v) is 2.30. The van der Waals surface area contributed by atoms with Crippen molar-refractivity contribution < 1.29 is 9.84 Å². The van der Waals surface area contributed by atoms with Gasteiger partial charge in [0, 0.05) is 6.04 Å². The summed E-state index contributed by atoms with van der Waals surface area (Å²) in [4.78, 5) is 2.32. The number of nitrogens with zero attached hydrogens (tertiary/aromatic N) is 1. The second-order valence-electron chi connectivity index (χ2n) is 3.65. The molecule has 2 aliphatic rings. The molecule has 0 aromatic rings. The highest BCUT2D eigenvalue weighted by atomic mass is 16.6. The zero-order valence-electron chi connectivity index (χ0n) is 7.73. The first-order valence-corrected chi connectivity index (χ1v) is 4.85. The van der Waals surface area contributed by atoms with Gasteiger partial charge in [0.05, 0.1) is 12.2 Å². The molecule has 12 heavy (non-hydrogen) atoms. The predicted molar refractivity (Wildman–Crippen MR) is 46.0 cm³/mol. The molecule has 1 aliphatic heterocycles. The highest BCUT2D eigenvalue weighted by Crippen LogP contribution is 2.40. The molecule has 0 unspecified atom stereocenters. The number of hydrogen-bond acceptors (Lipinski definition) is 3. The standard InChI is InChI=1S/C9H17NO2/c1-3-10(4-2)6-5-7-9(12-7)8(6)11/h6-9,11H,3-5H2,1-2H3/t6-,7+,8+,9+/m1/s1. The molecular formula is C9H17NO2. The van der Waals surface area contributed by atoms with Gasteiger partial charge in [-0.2, -0.15) is 0 Å². The van der Waals surface area contributed by atoms with Crippen molar-refractivity contribution in [2.24, 2.45) is 0 Å². The van der Waals surface area contributed by atoms with Gasteiger partial charge in [-0.3, -0.25) is 4.90 Å². The van der Waals surface area contributed by atoms with Gasteiger partial charge in [-0.15, -0.1) is 0 Å². The van der Waals surface area contributed by atoms with Crippen LogP contribution in [0.2, 0.25) is 0 Å². The molecule has 1 saturated carbocycles. The van der Waals surface area contributed by atoms with Gasteiger partial charge >= 0.3 is 0 Å². The summed E-state index contributed by atoms with van der Waals surface area (Å²) in [5.74, 6) is 0. The lowest BCUT2D eigenvalue weighted by atomic mass is 10.1. The van der Waals surface area contributed by atoms with Gasteiger partial charge < -0.3 is 9.84 Å². The number of aliphatic hydroxyl groups excluding tert-OH is 1. The molecule has 0 radical (unpaired) electrons. The molecule has 3 nitrogen and oxygen atoms in total. The topological polar surface area (TPSA) is 36.0 Å². The maximum absolute atomic E-state index is 9.77. The van der Waals surface area contributed by atoms with Crippen LogP contribution in [0.4, 0.5) is 0 Å². The summed E-state index contributed by atoms with van der Waals surface area (Å²) in [5, 5.41) is 9.77. The van der Waals surface area contributed by atoms with Gasteiger partial charge in [-0.25, -0.2) is 0 Å². The fourth-order valence-electron chi connectivity index (χ4n) is 2.30. The van der Waals surface area contributed by atoms with Crippen LogP contribution in [-0.4, -0.2) is 47.4 Å². The van der Waals surface area contributed by atoms with Crippen molar-refractivity contribution >= 4 is 0 Å². The number of hydrogen-bond donors (Lipinski definition) is 1. The Hall–Kier alpha value is -0.120. The largest absolute Gasteiger partial charge is 0.389 e. The number of fused-ring (bicyclic) bond motifs is 1. The van der Waals surface area contributed by atoms with Crippen LogP contribution in [0.25, 0.3) is 0 Å². The van der Waals surface area contributed by atoms with Crippen LogP contribution in [0.5, 0.6) is 0 Å². The van der Waals surface area contributed by atoms with Crippen molar-refractivity contribution in [3.8, 4) is 0 Å². The Morgan fingerprint density at radius 3 is 2.50 bits per heavy atom. The number of likely N-dealkylation sites (N-methyl/N-ethyl adjacent to an activating group) is 1. The van der Waals surface area contributed by atoms with E-state index in [0.717, 1.165) is 19.5 Å². The van der Waals surface area contributed by atoms with Crippen LogP contribution in [-0.2, 0) is 4.74 Å². The van der Waals surface area contributed by atoms with Gasteiger partial charge in [0.2, 0.25) is 0 Å². The summed E-state index contributed by atoms with van der Waals surface area (Å²) in [6, 6.07) is 0.351. The third-order valence-electron chi connectivity index (χ3n) is 3.11. The molecule has 1 aliphatic carbocycles. The Bertz CT molecular complexity index is 170. The molecule has 1 N–H and O–H groups in total. The molecule has 1 saturated heterocycles. The molecule has 2 fully saturated rings. The number of ether oxygens (including phenoxy) is 1. The Morgan fingerprint density at radius 2 is 2.08 bits per heavy atom. The molecule has 0 spiro atoms. The third kappa shape index (κ3) is 1.16. The van der Waals surface area contributed by atoms with E-state index < -0.39 is 0 Å². The van der Waals surface area contributed by atoms with Crippen molar-refractivity contribution in [1.82, 2.24) is 4.90 Å². The van der Waals surface area contributed by atoms with Crippen LogP contribution >= 0.6 is 0 Å². The highest BCUT2D eigenvalue weighted by molar-refractivity contribution is 5.06. The zero-order chi connectivity index (χ0) is 8.72. The van der Waals surface area contributed by atoms with E-state index in [4.69, 9.17) is 4.74 Å². The first-order valence-electron chi connectivity index (χ1n) is 4.85. The number of rotatable bonds is 3. The van der Waals surface area contributed by atoms with Gasteiger partial charge in [0.25, 0.3) is 0 Å². The Kier molecular flexibility index (Phi) is 2.10. The minimum Gasteiger partial charge on any atom is -0.389 e. The van der Waals surface area contributed by atoms with E-state index in [1.54, 1.807) is 0 Å². The van der Waals surface area contributed by atoms with E-state index in [1.807, 2.05) is 0 Å². The maximum atomic E-state index is 9.77. The first kappa shape index (κ1) is 8.48. The van der Waals surface area contributed by atoms with E-state index in [0.29, 0.717) is 12.1 Å². The number of epoxide rings is 1. The van der Waals surface area contributed by atoms with Crippen LogP contribution in [0.3, 0.4) is 0 Å². The van der Waals surface area contributed by atoms with E-state index in [9.17, 15) is 5.11 Å². The monoisotopic (exact) mass is 171 g/mol. The van der Waals surface area contributed by atoms with Gasteiger partial charge in [-0.1, -0.05) is 13.8 Å². The molecule has 1 heterocycles. The summed E-state index contributed by atoms with van der Waals surface area (Å²) < 4.78 is 5.26. The first-order chi connectivity index (χ1) is 5.77. The molecule has 4 atom stereocenters. The Labute approximate surface area is 73.3 Å². The Morgan fingerprint density at radius 1 is 1.42 bits per heavy atom. The van der Waals surface area contributed by atoms with Gasteiger partial charge in [-0.05, 0) is 19.5 Å². The maximum Gasteiger partial charge on any atom is 0.112 e. The second kappa shape index (κ2) is 2.98. The van der Waals surface area contributed by atoms with E-state index in [1.165, 1.54) is 0 Å². The minimum absolute atomic E-state index is 0.163. The van der Waals surface area contributed by atoms with Crippen molar-refractivity contribution in [1.29, 1.82) is 0 Å². The van der Waals surface area contributed by atoms with Crippen molar-refractivity contribution in [2.45, 2.75) is 44.6 Å². The lowest BCUT2D eigenvalue weighted by Gasteiger charge is -2.29. The third-order valence-corrected chi connectivity index (χ3v) is 3.11. The molecule has 0 aromatic heterocycles. The summed E-state index contributed by atoms with van der Waals surface area (Å²) in [6.45, 7) is 6.33. The highest BCUT2D eigenvalue weighted by Gasteiger charge is 2.56. The predicted octanol–water partition coefficient (Wildman–Crippen LogP) is 0.229. The molecule has 2 rings (SSSR count). The van der Waals surface area contributed by atoms with Crippen LogP contribution in [0, 0.1) is 0 Å². The average Bonchev–Trinajstić information content (AvgIpc) is 2.77. The lowest BCUT2D eigenvalue weighted by molar-refractivity contribution is 0.0295. The Balaban J connectivity index is 1.95. The van der Waals surface area contributed by atoms with Crippen molar-refractivity contribution in [3.63, 3.8) is 0 Å².